The standard InChI is InChI=1S/C16H23N3O4/c1-10-9-12(20)13-14(17-10)18(3)16(22)19(15(13)21)8-6-5-7-11(2)23-4/h9,11H,5-8H2,1-4H3,(H,17,20). The van der Waals surface area contributed by atoms with Crippen molar-refractivity contribution in [3.05, 3.63) is 42.8 Å². The van der Waals surface area contributed by atoms with Crippen LogP contribution >= 0.6 is 0 Å². The van der Waals surface area contributed by atoms with Gasteiger partial charge in [0.15, 0.2) is 5.43 Å². The monoisotopic (exact) mass is 321 g/mol. The second kappa shape index (κ2) is 6.95. The minimum absolute atomic E-state index is 0.0305. The molecule has 126 valence electrons. The molecule has 0 aromatic carbocycles. The van der Waals surface area contributed by atoms with Crippen LogP contribution < -0.4 is 16.7 Å². The molecule has 1 atom stereocenters. The van der Waals surface area contributed by atoms with E-state index < -0.39 is 11.2 Å². The predicted octanol–water partition coefficient (Wildman–Crippen LogP) is 0.902. The lowest BCUT2D eigenvalue weighted by atomic mass is 10.1. The summed E-state index contributed by atoms with van der Waals surface area (Å²) in [5.41, 5.74) is -0.413. The highest BCUT2D eigenvalue weighted by Crippen LogP contribution is 2.05. The molecule has 7 heteroatoms. The van der Waals surface area contributed by atoms with Gasteiger partial charge in [-0.3, -0.25) is 18.7 Å². The molecule has 0 radical (unpaired) electrons. The van der Waals surface area contributed by atoms with Gasteiger partial charge in [-0.1, -0.05) is 0 Å². The Kier molecular flexibility index (Phi) is 5.20. The number of nitrogens with zero attached hydrogens (tertiary/aromatic N) is 2. The number of aromatic nitrogens is 3. The summed E-state index contributed by atoms with van der Waals surface area (Å²) in [6.45, 7) is 3.99. The van der Waals surface area contributed by atoms with Crippen LogP contribution in [-0.4, -0.2) is 27.3 Å². The Morgan fingerprint density at radius 2 is 1.96 bits per heavy atom. The zero-order valence-electron chi connectivity index (χ0n) is 14.0. The van der Waals surface area contributed by atoms with Gasteiger partial charge in [0.2, 0.25) is 0 Å². The molecule has 2 aromatic heterocycles. The first-order valence-corrected chi connectivity index (χ1v) is 7.73. The summed E-state index contributed by atoms with van der Waals surface area (Å²) in [6, 6.07) is 1.37. The molecule has 2 rings (SSSR count). The van der Waals surface area contributed by atoms with Crippen LogP contribution in [0.5, 0.6) is 0 Å². The molecule has 0 aliphatic carbocycles. The zero-order chi connectivity index (χ0) is 17.1. The van der Waals surface area contributed by atoms with Crippen molar-refractivity contribution < 1.29 is 4.74 Å². The molecule has 7 nitrogen and oxygen atoms in total. The molecule has 0 fully saturated rings. The fourth-order valence-corrected chi connectivity index (χ4v) is 2.64. The number of fused-ring (bicyclic) bond motifs is 1. The van der Waals surface area contributed by atoms with Crippen LogP contribution in [0.4, 0.5) is 0 Å². The molecule has 0 aliphatic heterocycles. The highest BCUT2D eigenvalue weighted by atomic mass is 16.5. The molecule has 0 aliphatic rings. The minimum atomic E-state index is -0.524. The van der Waals surface area contributed by atoms with Crippen molar-refractivity contribution in [2.24, 2.45) is 7.05 Å². The van der Waals surface area contributed by atoms with Crippen molar-refractivity contribution >= 4 is 11.0 Å². The van der Waals surface area contributed by atoms with E-state index in [1.807, 2.05) is 6.92 Å². The number of aromatic amines is 1. The average Bonchev–Trinajstić information content (AvgIpc) is 2.50. The van der Waals surface area contributed by atoms with Crippen molar-refractivity contribution in [2.75, 3.05) is 7.11 Å². The largest absolute Gasteiger partial charge is 0.382 e. The smallest absolute Gasteiger partial charge is 0.332 e. The second-order valence-electron chi connectivity index (χ2n) is 5.88. The third kappa shape index (κ3) is 3.44. The summed E-state index contributed by atoms with van der Waals surface area (Å²) in [4.78, 5) is 40.0. The number of aryl methyl sites for hydroxylation is 2. The topological polar surface area (TPSA) is 86.1 Å². The quantitative estimate of drug-likeness (QED) is 0.801. The zero-order valence-corrected chi connectivity index (χ0v) is 14.0. The van der Waals surface area contributed by atoms with E-state index in [-0.39, 0.29) is 22.6 Å². The van der Waals surface area contributed by atoms with Crippen LogP contribution in [0.2, 0.25) is 0 Å². The summed E-state index contributed by atoms with van der Waals surface area (Å²) >= 11 is 0. The molecular formula is C16H23N3O4. The van der Waals surface area contributed by atoms with E-state index in [2.05, 4.69) is 4.98 Å². The van der Waals surface area contributed by atoms with Gasteiger partial charge in [-0.15, -0.1) is 0 Å². The van der Waals surface area contributed by atoms with Gasteiger partial charge in [0.05, 0.1) is 6.10 Å². The number of H-pyrrole nitrogens is 1. The third-order valence-electron chi connectivity index (χ3n) is 4.10. The third-order valence-corrected chi connectivity index (χ3v) is 4.10. The number of ether oxygens (including phenoxy) is 1. The molecule has 0 bridgehead atoms. The number of unbranched alkanes of at least 4 members (excludes halogenated alkanes) is 1. The van der Waals surface area contributed by atoms with Gasteiger partial charge >= 0.3 is 5.69 Å². The number of hydrogen-bond acceptors (Lipinski definition) is 4. The van der Waals surface area contributed by atoms with Crippen molar-refractivity contribution in [1.82, 2.24) is 14.1 Å². The van der Waals surface area contributed by atoms with Crippen LogP contribution in [-0.2, 0) is 18.3 Å². The molecule has 0 spiro atoms. The SMILES string of the molecule is COC(C)CCCCn1c(=O)c2c(=O)cc(C)[nH]c2n(C)c1=O. The van der Waals surface area contributed by atoms with E-state index in [0.717, 1.165) is 17.4 Å². The van der Waals surface area contributed by atoms with E-state index in [1.54, 1.807) is 21.1 Å². The Hall–Kier alpha value is -2.15. The summed E-state index contributed by atoms with van der Waals surface area (Å²) < 4.78 is 7.64. The van der Waals surface area contributed by atoms with Gasteiger partial charge in [0, 0.05) is 32.5 Å². The molecule has 2 aromatic rings. The van der Waals surface area contributed by atoms with Crippen molar-refractivity contribution in [1.29, 1.82) is 0 Å². The Morgan fingerprint density at radius 1 is 1.26 bits per heavy atom. The molecule has 23 heavy (non-hydrogen) atoms. The molecule has 2 heterocycles. The summed E-state index contributed by atoms with van der Waals surface area (Å²) in [7, 11) is 3.21. The fourth-order valence-electron chi connectivity index (χ4n) is 2.64. The first-order chi connectivity index (χ1) is 10.9. The number of methoxy groups -OCH3 is 1. The maximum atomic E-state index is 12.5. The predicted molar refractivity (Wildman–Crippen MR) is 89.1 cm³/mol. The van der Waals surface area contributed by atoms with Crippen molar-refractivity contribution in [3.8, 4) is 0 Å². The first kappa shape index (κ1) is 17.2. The lowest BCUT2D eigenvalue weighted by Gasteiger charge is -2.12. The molecular weight excluding hydrogens is 298 g/mol. The van der Waals surface area contributed by atoms with Gasteiger partial charge in [-0.25, -0.2) is 4.79 Å². The van der Waals surface area contributed by atoms with Crippen molar-refractivity contribution in [2.45, 2.75) is 45.8 Å². The Balaban J connectivity index is 2.40. The highest BCUT2D eigenvalue weighted by molar-refractivity contribution is 5.73. The lowest BCUT2D eigenvalue weighted by Crippen LogP contribution is -2.41. The van der Waals surface area contributed by atoms with Crippen LogP contribution in [0.1, 0.15) is 31.9 Å². The van der Waals surface area contributed by atoms with E-state index in [0.29, 0.717) is 18.7 Å². The normalized spacial score (nSPS) is 12.7. The van der Waals surface area contributed by atoms with E-state index >= 15 is 0 Å². The van der Waals surface area contributed by atoms with Gasteiger partial charge in [-0.05, 0) is 33.1 Å². The van der Waals surface area contributed by atoms with Crippen molar-refractivity contribution in [3.63, 3.8) is 0 Å². The van der Waals surface area contributed by atoms with E-state index in [9.17, 15) is 14.4 Å². The molecule has 0 amide bonds. The van der Waals surface area contributed by atoms with Gasteiger partial charge in [-0.2, -0.15) is 0 Å². The maximum Gasteiger partial charge on any atom is 0.332 e. The van der Waals surface area contributed by atoms with Crippen LogP contribution in [0.3, 0.4) is 0 Å². The van der Waals surface area contributed by atoms with Crippen LogP contribution in [0.15, 0.2) is 20.4 Å². The van der Waals surface area contributed by atoms with Crippen LogP contribution in [0.25, 0.3) is 11.0 Å². The van der Waals surface area contributed by atoms with Gasteiger partial charge < -0.3 is 9.72 Å². The lowest BCUT2D eigenvalue weighted by molar-refractivity contribution is 0.108. The first-order valence-electron chi connectivity index (χ1n) is 7.73. The number of pyridine rings is 1. The second-order valence-corrected chi connectivity index (χ2v) is 5.88. The number of hydrogen-bond donors (Lipinski definition) is 1. The highest BCUT2D eigenvalue weighted by Gasteiger charge is 2.14. The Morgan fingerprint density at radius 3 is 2.61 bits per heavy atom. The molecule has 1 N–H and O–H groups in total. The number of rotatable bonds is 6. The Bertz CT molecular complexity index is 876. The molecule has 1 unspecified atom stereocenters. The number of nitrogens with one attached hydrogen (secondary N) is 1. The fraction of sp³-hybridized carbons (Fsp3) is 0.562. The molecule has 0 saturated heterocycles. The summed E-state index contributed by atoms with van der Waals surface area (Å²) in [6.07, 6.45) is 2.53. The summed E-state index contributed by atoms with van der Waals surface area (Å²) in [5, 5.41) is 0.0305. The average molecular weight is 321 g/mol. The van der Waals surface area contributed by atoms with Gasteiger partial charge in [0.1, 0.15) is 11.0 Å². The maximum absolute atomic E-state index is 12.5. The molecule has 0 saturated carbocycles. The minimum Gasteiger partial charge on any atom is -0.382 e. The Labute approximate surface area is 133 Å². The van der Waals surface area contributed by atoms with Gasteiger partial charge in [0.25, 0.3) is 5.56 Å². The van der Waals surface area contributed by atoms with E-state index in [1.165, 1.54) is 10.6 Å². The summed E-state index contributed by atoms with van der Waals surface area (Å²) in [5.74, 6) is 0. The van der Waals surface area contributed by atoms with E-state index in [4.69, 9.17) is 4.74 Å². The van der Waals surface area contributed by atoms with Crippen LogP contribution in [0, 0.1) is 6.92 Å².